The maximum Gasteiger partial charge on any atom is 0.0325 e. The predicted molar refractivity (Wildman–Crippen MR) is 87.5 cm³/mol. The molecule has 1 N–H and O–H groups in total. The molecule has 1 aliphatic carbocycles. The minimum atomic E-state index is 0.525. The Bertz CT molecular complexity index is 546. The van der Waals surface area contributed by atoms with Crippen LogP contribution >= 0.6 is 11.3 Å². The fourth-order valence-corrected chi connectivity index (χ4v) is 4.15. The summed E-state index contributed by atoms with van der Waals surface area (Å²) in [6, 6.07) is 14.4. The summed E-state index contributed by atoms with van der Waals surface area (Å²) in [4.78, 5) is 1.47. The highest BCUT2D eigenvalue weighted by molar-refractivity contribution is 7.09. The molecular weight excluding hydrogens is 262 g/mol. The molecular formula is C18H23NS. The van der Waals surface area contributed by atoms with E-state index in [1.807, 2.05) is 11.3 Å². The minimum Gasteiger partial charge on any atom is -0.307 e. The van der Waals surface area contributed by atoms with Crippen LogP contribution in [-0.4, -0.2) is 6.04 Å². The van der Waals surface area contributed by atoms with Crippen molar-refractivity contribution < 1.29 is 0 Å². The number of thiophene rings is 1. The summed E-state index contributed by atoms with van der Waals surface area (Å²) in [6.07, 6.45) is 3.68. The van der Waals surface area contributed by atoms with Crippen molar-refractivity contribution >= 4 is 11.3 Å². The van der Waals surface area contributed by atoms with E-state index in [4.69, 9.17) is 0 Å². The zero-order valence-corrected chi connectivity index (χ0v) is 13.1. The first-order valence-electron chi connectivity index (χ1n) is 7.61. The van der Waals surface area contributed by atoms with Gasteiger partial charge in [-0.3, -0.25) is 0 Å². The molecule has 0 saturated carbocycles. The molecule has 3 rings (SSSR count). The van der Waals surface area contributed by atoms with Crippen LogP contribution in [0, 0.1) is 0 Å². The Kier molecular flexibility index (Phi) is 4.23. The molecule has 1 heterocycles. The van der Waals surface area contributed by atoms with Crippen LogP contribution in [0.5, 0.6) is 0 Å². The molecule has 3 unspecified atom stereocenters. The van der Waals surface area contributed by atoms with Crippen LogP contribution in [0.3, 0.4) is 0 Å². The lowest BCUT2D eigenvalue weighted by molar-refractivity contribution is 0.390. The van der Waals surface area contributed by atoms with Crippen molar-refractivity contribution in [3.63, 3.8) is 0 Å². The number of rotatable bonds is 4. The lowest BCUT2D eigenvalue weighted by atomic mass is 9.81. The van der Waals surface area contributed by atoms with Gasteiger partial charge >= 0.3 is 0 Å². The van der Waals surface area contributed by atoms with E-state index < -0.39 is 0 Å². The Morgan fingerprint density at radius 3 is 2.70 bits per heavy atom. The van der Waals surface area contributed by atoms with Crippen LogP contribution in [0.1, 0.15) is 54.7 Å². The van der Waals surface area contributed by atoms with Gasteiger partial charge in [0.2, 0.25) is 0 Å². The first-order chi connectivity index (χ1) is 9.74. The molecule has 0 spiro atoms. The van der Waals surface area contributed by atoms with E-state index in [2.05, 4.69) is 60.9 Å². The SMILES string of the molecule is CC(Cc1cccs1)NC1CCC(C)c2ccccc21. The third-order valence-electron chi connectivity index (χ3n) is 4.36. The molecule has 2 heteroatoms. The Morgan fingerprint density at radius 1 is 1.15 bits per heavy atom. The van der Waals surface area contributed by atoms with Crippen LogP contribution in [0.2, 0.25) is 0 Å². The molecule has 0 fully saturated rings. The van der Waals surface area contributed by atoms with Gasteiger partial charge in [0, 0.05) is 17.0 Å². The fraction of sp³-hybridized carbons (Fsp3) is 0.444. The molecule has 0 aliphatic heterocycles. The Labute approximate surface area is 126 Å². The zero-order chi connectivity index (χ0) is 13.9. The van der Waals surface area contributed by atoms with Gasteiger partial charge < -0.3 is 5.32 Å². The van der Waals surface area contributed by atoms with E-state index in [9.17, 15) is 0 Å². The average Bonchev–Trinajstić information content (AvgIpc) is 2.95. The van der Waals surface area contributed by atoms with Crippen LogP contribution < -0.4 is 5.32 Å². The lowest BCUT2D eigenvalue weighted by Crippen LogP contribution is -2.34. The van der Waals surface area contributed by atoms with Crippen LogP contribution in [0.15, 0.2) is 41.8 Å². The third-order valence-corrected chi connectivity index (χ3v) is 5.26. The minimum absolute atomic E-state index is 0.525. The maximum absolute atomic E-state index is 3.84. The van der Waals surface area contributed by atoms with Gasteiger partial charge in [0.1, 0.15) is 0 Å². The molecule has 1 aliphatic rings. The molecule has 2 aromatic rings. The number of nitrogens with one attached hydrogen (secondary N) is 1. The van der Waals surface area contributed by atoms with Gasteiger partial charge in [0.15, 0.2) is 0 Å². The summed E-state index contributed by atoms with van der Waals surface area (Å²) in [5, 5.41) is 6.01. The van der Waals surface area contributed by atoms with Gasteiger partial charge in [0.25, 0.3) is 0 Å². The Hall–Kier alpha value is -1.12. The van der Waals surface area contributed by atoms with E-state index in [1.54, 1.807) is 5.56 Å². The van der Waals surface area contributed by atoms with E-state index in [0.29, 0.717) is 18.0 Å². The van der Waals surface area contributed by atoms with Crippen LogP contribution in [-0.2, 0) is 6.42 Å². The first-order valence-corrected chi connectivity index (χ1v) is 8.49. The maximum atomic E-state index is 3.84. The summed E-state index contributed by atoms with van der Waals surface area (Å²) in [7, 11) is 0. The van der Waals surface area contributed by atoms with Gasteiger partial charge in [0.05, 0.1) is 0 Å². The van der Waals surface area contributed by atoms with Crippen molar-refractivity contribution in [1.29, 1.82) is 0 Å². The quantitative estimate of drug-likeness (QED) is 0.842. The van der Waals surface area contributed by atoms with E-state index in [0.717, 1.165) is 6.42 Å². The highest BCUT2D eigenvalue weighted by atomic mass is 32.1. The van der Waals surface area contributed by atoms with Crippen molar-refractivity contribution in [3.8, 4) is 0 Å². The molecule has 106 valence electrons. The Morgan fingerprint density at radius 2 is 1.95 bits per heavy atom. The number of fused-ring (bicyclic) bond motifs is 1. The summed E-state index contributed by atoms with van der Waals surface area (Å²) in [5.74, 6) is 0.705. The van der Waals surface area contributed by atoms with Gasteiger partial charge in [-0.25, -0.2) is 0 Å². The van der Waals surface area contributed by atoms with Crippen molar-refractivity contribution in [1.82, 2.24) is 5.32 Å². The molecule has 1 aromatic carbocycles. The van der Waals surface area contributed by atoms with Crippen LogP contribution in [0.4, 0.5) is 0 Å². The number of hydrogen-bond acceptors (Lipinski definition) is 2. The van der Waals surface area contributed by atoms with Crippen molar-refractivity contribution in [2.24, 2.45) is 0 Å². The van der Waals surface area contributed by atoms with Crippen LogP contribution in [0.25, 0.3) is 0 Å². The van der Waals surface area contributed by atoms with E-state index in [1.165, 1.54) is 23.3 Å². The fourth-order valence-electron chi connectivity index (χ4n) is 3.31. The van der Waals surface area contributed by atoms with Gasteiger partial charge in [-0.2, -0.15) is 0 Å². The lowest BCUT2D eigenvalue weighted by Gasteiger charge is -2.32. The summed E-state index contributed by atoms with van der Waals surface area (Å²) in [5.41, 5.74) is 3.06. The smallest absolute Gasteiger partial charge is 0.0325 e. The molecule has 0 bridgehead atoms. The zero-order valence-electron chi connectivity index (χ0n) is 12.3. The summed E-state index contributed by atoms with van der Waals surface area (Å²) >= 11 is 1.86. The van der Waals surface area contributed by atoms with Crippen molar-refractivity contribution in [3.05, 3.63) is 57.8 Å². The second-order valence-electron chi connectivity index (χ2n) is 6.01. The molecule has 20 heavy (non-hydrogen) atoms. The first kappa shape index (κ1) is 13.8. The molecule has 1 aromatic heterocycles. The molecule has 0 amide bonds. The normalized spacial score (nSPS) is 23.3. The number of hydrogen-bond donors (Lipinski definition) is 1. The van der Waals surface area contributed by atoms with Gasteiger partial charge in [-0.15, -0.1) is 11.3 Å². The monoisotopic (exact) mass is 285 g/mol. The topological polar surface area (TPSA) is 12.0 Å². The molecule has 0 saturated heterocycles. The average molecular weight is 285 g/mol. The van der Waals surface area contributed by atoms with E-state index in [-0.39, 0.29) is 0 Å². The summed E-state index contributed by atoms with van der Waals surface area (Å²) in [6.45, 7) is 4.66. The Balaban J connectivity index is 1.70. The molecule has 1 nitrogen and oxygen atoms in total. The van der Waals surface area contributed by atoms with E-state index >= 15 is 0 Å². The molecule has 3 atom stereocenters. The highest BCUT2D eigenvalue weighted by Crippen LogP contribution is 2.37. The van der Waals surface area contributed by atoms with Gasteiger partial charge in [-0.05, 0) is 54.7 Å². The highest BCUT2D eigenvalue weighted by Gasteiger charge is 2.25. The van der Waals surface area contributed by atoms with Crippen molar-refractivity contribution in [2.75, 3.05) is 0 Å². The second kappa shape index (κ2) is 6.11. The number of benzene rings is 1. The predicted octanol–water partition coefficient (Wildman–Crippen LogP) is 4.91. The second-order valence-corrected chi connectivity index (χ2v) is 7.04. The molecule has 0 radical (unpaired) electrons. The summed E-state index contributed by atoms with van der Waals surface area (Å²) < 4.78 is 0. The standard InChI is InChI=1S/C18H23NS/c1-13-9-10-18(17-8-4-3-7-16(13)17)19-14(2)12-15-6-5-11-20-15/h3-8,11,13-14,18-19H,9-10,12H2,1-2H3. The largest absolute Gasteiger partial charge is 0.307 e. The van der Waals surface area contributed by atoms with Crippen molar-refractivity contribution in [2.45, 2.75) is 51.1 Å². The van der Waals surface area contributed by atoms with Gasteiger partial charge in [-0.1, -0.05) is 37.3 Å². The third kappa shape index (κ3) is 2.97.